The summed E-state index contributed by atoms with van der Waals surface area (Å²) < 4.78 is 0. The lowest BCUT2D eigenvalue weighted by atomic mass is 10.2. The second-order valence-electron chi connectivity index (χ2n) is 7.49. The average Bonchev–Trinajstić information content (AvgIpc) is 3.30. The van der Waals surface area contributed by atoms with Crippen LogP contribution < -0.4 is 15.5 Å². The third-order valence-electron chi connectivity index (χ3n) is 5.37. The van der Waals surface area contributed by atoms with Crippen LogP contribution in [0, 0.1) is 0 Å². The fraction of sp³-hybridized carbons (Fsp3) is 0.409. The van der Waals surface area contributed by atoms with Crippen molar-refractivity contribution in [3.05, 3.63) is 48.2 Å². The monoisotopic (exact) mass is 425 g/mol. The summed E-state index contributed by atoms with van der Waals surface area (Å²) in [6.07, 6.45) is 5.28. The Morgan fingerprint density at radius 2 is 1.87 bits per heavy atom. The Morgan fingerprint density at radius 1 is 1.07 bits per heavy atom. The first kappa shape index (κ1) is 20.7. The van der Waals surface area contributed by atoms with E-state index in [0.29, 0.717) is 24.3 Å². The van der Waals surface area contributed by atoms with E-state index in [4.69, 9.17) is 0 Å². The van der Waals surface area contributed by atoms with Gasteiger partial charge >= 0.3 is 6.03 Å². The van der Waals surface area contributed by atoms with Gasteiger partial charge < -0.3 is 15.5 Å². The van der Waals surface area contributed by atoms with Crippen molar-refractivity contribution in [3.63, 3.8) is 0 Å². The number of pyridine rings is 1. The second-order valence-corrected chi connectivity index (χ2v) is 8.58. The molecule has 0 radical (unpaired) electrons. The molecular weight excluding hydrogens is 398 g/mol. The summed E-state index contributed by atoms with van der Waals surface area (Å²) in [7, 11) is 0. The Hall–Kier alpha value is -2.58. The van der Waals surface area contributed by atoms with Crippen molar-refractivity contribution < 1.29 is 9.59 Å². The molecule has 0 aliphatic carbocycles. The van der Waals surface area contributed by atoms with Crippen molar-refractivity contribution >= 4 is 35.1 Å². The van der Waals surface area contributed by atoms with E-state index in [1.165, 1.54) is 25.9 Å². The molecule has 0 spiro atoms. The van der Waals surface area contributed by atoms with Crippen molar-refractivity contribution in [2.75, 3.05) is 48.7 Å². The van der Waals surface area contributed by atoms with Crippen LogP contribution in [-0.4, -0.2) is 60.3 Å². The first-order valence-electron chi connectivity index (χ1n) is 10.5. The molecule has 0 atom stereocenters. The standard InChI is InChI=1S/C22H27N5O2S/c28-20(23-11-4-14-26-12-1-2-13-26)17-6-8-18(9-7-17)25-22(29)27-15-16-30-21-19(27)5-3-10-24-21/h3,5-10H,1-2,4,11-16H2,(H,23,28)(H,25,29). The first-order chi connectivity index (χ1) is 14.7. The normalized spacial score (nSPS) is 16.2. The number of benzene rings is 1. The van der Waals surface area contributed by atoms with Gasteiger partial charge in [0.1, 0.15) is 5.03 Å². The molecule has 1 saturated heterocycles. The van der Waals surface area contributed by atoms with Gasteiger partial charge in [0.15, 0.2) is 0 Å². The van der Waals surface area contributed by atoms with E-state index in [-0.39, 0.29) is 11.9 Å². The van der Waals surface area contributed by atoms with Crippen LogP contribution in [0.5, 0.6) is 0 Å². The predicted octanol–water partition coefficient (Wildman–Crippen LogP) is 3.44. The number of nitrogens with one attached hydrogen (secondary N) is 2. The maximum absolute atomic E-state index is 12.7. The van der Waals surface area contributed by atoms with E-state index in [9.17, 15) is 9.59 Å². The van der Waals surface area contributed by atoms with Crippen molar-refractivity contribution in [2.45, 2.75) is 24.3 Å². The van der Waals surface area contributed by atoms with E-state index in [1.54, 1.807) is 47.1 Å². The molecule has 2 aliphatic rings. The molecule has 3 amide bonds. The highest BCUT2D eigenvalue weighted by atomic mass is 32.2. The lowest BCUT2D eigenvalue weighted by Crippen LogP contribution is -2.38. The molecule has 4 rings (SSSR count). The quantitative estimate of drug-likeness (QED) is 0.694. The minimum Gasteiger partial charge on any atom is -0.352 e. The fourth-order valence-corrected chi connectivity index (χ4v) is 4.70. The van der Waals surface area contributed by atoms with Gasteiger partial charge in [0.2, 0.25) is 0 Å². The SMILES string of the molecule is O=C(NCCCN1CCCC1)c1ccc(NC(=O)N2CCSc3ncccc32)cc1. The van der Waals surface area contributed by atoms with Crippen molar-refractivity contribution in [2.24, 2.45) is 0 Å². The number of urea groups is 1. The summed E-state index contributed by atoms with van der Waals surface area (Å²) in [4.78, 5) is 33.5. The molecule has 1 fully saturated rings. The molecule has 0 unspecified atom stereocenters. The molecule has 1 aromatic heterocycles. The smallest absolute Gasteiger partial charge is 0.326 e. The number of hydrogen-bond acceptors (Lipinski definition) is 5. The van der Waals surface area contributed by atoms with Gasteiger partial charge in [-0.15, -0.1) is 11.8 Å². The molecule has 8 heteroatoms. The summed E-state index contributed by atoms with van der Waals surface area (Å²) in [5, 5.41) is 6.76. The summed E-state index contributed by atoms with van der Waals surface area (Å²) in [5.41, 5.74) is 2.09. The molecule has 0 saturated carbocycles. The van der Waals surface area contributed by atoms with Gasteiger partial charge in [-0.25, -0.2) is 9.78 Å². The number of rotatable bonds is 6. The molecule has 7 nitrogen and oxygen atoms in total. The molecule has 0 bridgehead atoms. The minimum atomic E-state index is -0.191. The maximum atomic E-state index is 12.7. The molecule has 1 aromatic carbocycles. The molecule has 2 aromatic rings. The van der Waals surface area contributed by atoms with Gasteiger partial charge in [0, 0.05) is 36.3 Å². The first-order valence-corrected chi connectivity index (χ1v) is 11.5. The van der Waals surface area contributed by atoms with Crippen LogP contribution in [0.25, 0.3) is 0 Å². The van der Waals surface area contributed by atoms with Gasteiger partial charge in [0.05, 0.1) is 5.69 Å². The number of fused-ring (bicyclic) bond motifs is 1. The van der Waals surface area contributed by atoms with Crippen LogP contribution in [0.15, 0.2) is 47.6 Å². The van der Waals surface area contributed by atoms with Gasteiger partial charge in [-0.05, 0) is 75.3 Å². The van der Waals surface area contributed by atoms with Crippen molar-refractivity contribution in [3.8, 4) is 0 Å². The number of likely N-dealkylation sites (tertiary alicyclic amines) is 1. The number of thioether (sulfide) groups is 1. The number of carbonyl (C=O) groups is 2. The minimum absolute atomic E-state index is 0.0812. The highest BCUT2D eigenvalue weighted by Gasteiger charge is 2.23. The fourth-order valence-electron chi connectivity index (χ4n) is 3.77. The summed E-state index contributed by atoms with van der Waals surface area (Å²) >= 11 is 1.66. The van der Waals surface area contributed by atoms with Crippen LogP contribution in [0.2, 0.25) is 0 Å². The Morgan fingerprint density at radius 3 is 2.67 bits per heavy atom. The van der Waals surface area contributed by atoms with E-state index in [0.717, 1.165) is 29.4 Å². The molecule has 30 heavy (non-hydrogen) atoms. The van der Waals surface area contributed by atoms with Crippen molar-refractivity contribution in [1.29, 1.82) is 0 Å². The maximum Gasteiger partial charge on any atom is 0.326 e. The number of hydrogen-bond donors (Lipinski definition) is 2. The van der Waals surface area contributed by atoms with Crippen LogP contribution in [0.4, 0.5) is 16.2 Å². The molecule has 3 heterocycles. The van der Waals surface area contributed by atoms with Crippen LogP contribution in [0.3, 0.4) is 0 Å². The number of anilines is 2. The van der Waals surface area contributed by atoms with Gasteiger partial charge in [-0.3, -0.25) is 9.69 Å². The van der Waals surface area contributed by atoms with Crippen LogP contribution >= 0.6 is 11.8 Å². The number of nitrogens with zero attached hydrogens (tertiary/aromatic N) is 3. The van der Waals surface area contributed by atoms with E-state index in [2.05, 4.69) is 20.5 Å². The van der Waals surface area contributed by atoms with Crippen LogP contribution in [-0.2, 0) is 0 Å². The van der Waals surface area contributed by atoms with E-state index in [1.807, 2.05) is 12.1 Å². The number of carbonyl (C=O) groups excluding carboxylic acids is 2. The third kappa shape index (κ3) is 5.12. The average molecular weight is 426 g/mol. The highest BCUT2D eigenvalue weighted by molar-refractivity contribution is 7.99. The Kier molecular flexibility index (Phi) is 6.86. The van der Waals surface area contributed by atoms with Gasteiger partial charge in [-0.2, -0.15) is 0 Å². The van der Waals surface area contributed by atoms with Crippen LogP contribution in [0.1, 0.15) is 29.6 Å². The van der Waals surface area contributed by atoms with E-state index >= 15 is 0 Å². The lowest BCUT2D eigenvalue weighted by Gasteiger charge is -2.28. The summed E-state index contributed by atoms with van der Waals surface area (Å²) in [5.74, 6) is 0.733. The Labute approximate surface area is 181 Å². The molecule has 2 aliphatic heterocycles. The van der Waals surface area contributed by atoms with E-state index < -0.39 is 0 Å². The molecular formula is C22H27N5O2S. The third-order valence-corrected chi connectivity index (χ3v) is 6.35. The van der Waals surface area contributed by atoms with Gasteiger partial charge in [0.25, 0.3) is 5.91 Å². The predicted molar refractivity (Wildman–Crippen MR) is 120 cm³/mol. The molecule has 2 N–H and O–H groups in total. The summed E-state index contributed by atoms with van der Waals surface area (Å²) in [6, 6.07) is 10.6. The number of aromatic nitrogens is 1. The zero-order valence-electron chi connectivity index (χ0n) is 17.0. The highest BCUT2D eigenvalue weighted by Crippen LogP contribution is 2.32. The zero-order valence-corrected chi connectivity index (χ0v) is 17.8. The largest absolute Gasteiger partial charge is 0.352 e. The lowest BCUT2D eigenvalue weighted by molar-refractivity contribution is 0.0952. The topological polar surface area (TPSA) is 77.6 Å². The second kappa shape index (κ2) is 9.95. The Bertz CT molecular complexity index is 883. The Balaban J connectivity index is 1.27. The van der Waals surface area contributed by atoms with Gasteiger partial charge in [-0.1, -0.05) is 0 Å². The molecule has 158 valence electrons. The number of amides is 3. The zero-order chi connectivity index (χ0) is 20.8. The summed E-state index contributed by atoms with van der Waals surface area (Å²) in [6.45, 7) is 4.71. The van der Waals surface area contributed by atoms with Crippen molar-refractivity contribution in [1.82, 2.24) is 15.2 Å².